The van der Waals surface area contributed by atoms with E-state index in [0.29, 0.717) is 12.6 Å². The van der Waals surface area contributed by atoms with Gasteiger partial charge in [-0.3, -0.25) is 14.7 Å². The van der Waals surface area contributed by atoms with E-state index < -0.39 is 0 Å². The molecule has 1 aromatic heterocycles. The van der Waals surface area contributed by atoms with Gasteiger partial charge in [0, 0.05) is 35.2 Å². The highest BCUT2D eigenvalue weighted by Crippen LogP contribution is 2.29. The third-order valence-electron chi connectivity index (χ3n) is 6.31. The van der Waals surface area contributed by atoms with Crippen molar-refractivity contribution in [2.24, 2.45) is 0 Å². The van der Waals surface area contributed by atoms with Crippen molar-refractivity contribution in [2.45, 2.75) is 69.6 Å². The van der Waals surface area contributed by atoms with Crippen LogP contribution in [0.2, 0.25) is 0 Å². The zero-order valence-electron chi connectivity index (χ0n) is 16.8. The number of nitrogens with zero attached hydrogens (tertiary/aromatic N) is 2. The van der Waals surface area contributed by atoms with Gasteiger partial charge in [-0.15, -0.1) is 0 Å². The van der Waals surface area contributed by atoms with Crippen LogP contribution in [0, 0.1) is 0 Å². The molecule has 2 aliphatic carbocycles. The minimum absolute atomic E-state index is 0.167. The molecule has 2 aromatic rings. The van der Waals surface area contributed by atoms with Crippen LogP contribution >= 0.6 is 0 Å². The summed E-state index contributed by atoms with van der Waals surface area (Å²) in [5.41, 5.74) is 0. The second-order valence-corrected chi connectivity index (χ2v) is 8.37. The van der Waals surface area contributed by atoms with E-state index in [1.165, 1.54) is 25.7 Å². The summed E-state index contributed by atoms with van der Waals surface area (Å²) in [5, 5.41) is 5.46. The summed E-state index contributed by atoms with van der Waals surface area (Å²) in [5.74, 6) is 1.10. The zero-order valence-corrected chi connectivity index (χ0v) is 16.8. The van der Waals surface area contributed by atoms with Gasteiger partial charge in [-0.2, -0.15) is 0 Å². The van der Waals surface area contributed by atoms with E-state index in [0.717, 1.165) is 42.2 Å². The number of ether oxygens (including phenoxy) is 1. The highest BCUT2D eigenvalue weighted by molar-refractivity contribution is 5.87. The number of benzene rings is 1. The Labute approximate surface area is 167 Å². The Morgan fingerprint density at radius 2 is 1.93 bits per heavy atom. The van der Waals surface area contributed by atoms with Crippen molar-refractivity contribution >= 4 is 16.7 Å². The molecule has 0 radical (unpaired) electrons. The van der Waals surface area contributed by atoms with Gasteiger partial charge < -0.3 is 10.1 Å². The number of aromatic nitrogens is 1. The van der Waals surface area contributed by atoms with Gasteiger partial charge in [0.05, 0.1) is 12.6 Å². The van der Waals surface area contributed by atoms with Crippen LogP contribution in [-0.2, 0) is 4.79 Å². The lowest BCUT2D eigenvalue weighted by Gasteiger charge is -2.31. The predicted octanol–water partition coefficient (Wildman–Crippen LogP) is 3.92. The number of hydrogen-bond donors (Lipinski definition) is 1. The lowest BCUT2D eigenvalue weighted by Crippen LogP contribution is -2.45. The van der Waals surface area contributed by atoms with Crippen LogP contribution in [0.15, 0.2) is 36.7 Å². The number of pyridine rings is 1. The first-order chi connectivity index (χ1) is 13.7. The number of carbonyl (C=O) groups is 1. The molecule has 1 aromatic carbocycles. The second-order valence-electron chi connectivity index (χ2n) is 8.37. The quantitative estimate of drug-likeness (QED) is 0.824. The fourth-order valence-electron chi connectivity index (χ4n) is 4.67. The Kier molecular flexibility index (Phi) is 6.10. The first kappa shape index (κ1) is 19.2. The summed E-state index contributed by atoms with van der Waals surface area (Å²) < 4.78 is 6.31. The summed E-state index contributed by atoms with van der Waals surface area (Å²) in [4.78, 5) is 18.8. The SMILES string of the molecule is CN(CC(=O)NC1CCC(Oc2cccc3cnccc23)CC1)C1CCCC1. The summed E-state index contributed by atoms with van der Waals surface area (Å²) in [6, 6.07) is 9.00. The summed E-state index contributed by atoms with van der Waals surface area (Å²) in [6.45, 7) is 0.519. The Bertz CT molecular complexity index is 790. The van der Waals surface area contributed by atoms with E-state index in [1.54, 1.807) is 0 Å². The normalized spacial score (nSPS) is 23.2. The summed E-state index contributed by atoms with van der Waals surface area (Å²) in [6.07, 6.45) is 12.9. The Hall–Kier alpha value is -2.14. The largest absolute Gasteiger partial charge is 0.490 e. The number of carbonyl (C=O) groups excluding carboxylic acids is 1. The maximum atomic E-state index is 12.4. The number of rotatable bonds is 6. The van der Waals surface area contributed by atoms with Crippen molar-refractivity contribution < 1.29 is 9.53 Å². The molecule has 2 saturated carbocycles. The van der Waals surface area contributed by atoms with Gasteiger partial charge in [-0.25, -0.2) is 0 Å². The molecule has 1 amide bonds. The van der Waals surface area contributed by atoms with Crippen molar-refractivity contribution in [3.05, 3.63) is 36.7 Å². The Balaban J connectivity index is 1.24. The molecular weight excluding hydrogens is 350 g/mol. The number of fused-ring (bicyclic) bond motifs is 1. The molecule has 2 fully saturated rings. The highest BCUT2D eigenvalue weighted by Gasteiger charge is 2.26. The maximum absolute atomic E-state index is 12.4. The molecule has 4 rings (SSSR count). The number of nitrogens with one attached hydrogen (secondary N) is 1. The van der Waals surface area contributed by atoms with Gasteiger partial charge in [0.1, 0.15) is 5.75 Å². The van der Waals surface area contributed by atoms with Crippen molar-refractivity contribution in [3.8, 4) is 5.75 Å². The minimum Gasteiger partial charge on any atom is -0.490 e. The zero-order chi connectivity index (χ0) is 19.3. The molecule has 0 saturated heterocycles. The van der Waals surface area contributed by atoms with Crippen molar-refractivity contribution in [1.82, 2.24) is 15.2 Å². The molecular formula is C23H31N3O2. The Morgan fingerprint density at radius 3 is 2.71 bits per heavy atom. The van der Waals surface area contributed by atoms with Crippen LogP contribution in [0.4, 0.5) is 0 Å². The first-order valence-corrected chi connectivity index (χ1v) is 10.7. The molecule has 5 nitrogen and oxygen atoms in total. The summed E-state index contributed by atoms with van der Waals surface area (Å²) in [7, 11) is 2.08. The van der Waals surface area contributed by atoms with Crippen LogP contribution < -0.4 is 10.1 Å². The molecule has 0 aliphatic heterocycles. The van der Waals surface area contributed by atoms with Crippen LogP contribution in [0.3, 0.4) is 0 Å². The van der Waals surface area contributed by atoms with Crippen LogP contribution in [0.25, 0.3) is 10.8 Å². The molecule has 0 spiro atoms. The topological polar surface area (TPSA) is 54.5 Å². The van der Waals surface area contributed by atoms with Gasteiger partial charge in [-0.1, -0.05) is 25.0 Å². The highest BCUT2D eigenvalue weighted by atomic mass is 16.5. The minimum atomic E-state index is 0.167. The molecule has 5 heteroatoms. The lowest BCUT2D eigenvalue weighted by molar-refractivity contribution is -0.123. The van der Waals surface area contributed by atoms with Gasteiger partial charge in [0.25, 0.3) is 0 Å². The summed E-state index contributed by atoms with van der Waals surface area (Å²) >= 11 is 0. The van der Waals surface area contributed by atoms with E-state index in [4.69, 9.17) is 4.74 Å². The van der Waals surface area contributed by atoms with E-state index in [-0.39, 0.29) is 18.1 Å². The van der Waals surface area contributed by atoms with E-state index in [9.17, 15) is 4.79 Å². The fraction of sp³-hybridized carbons (Fsp3) is 0.565. The molecule has 1 N–H and O–H groups in total. The second kappa shape index (κ2) is 8.91. The van der Waals surface area contributed by atoms with E-state index >= 15 is 0 Å². The molecule has 1 heterocycles. The average Bonchev–Trinajstić information content (AvgIpc) is 3.25. The third kappa shape index (κ3) is 4.64. The fourth-order valence-corrected chi connectivity index (χ4v) is 4.67. The first-order valence-electron chi connectivity index (χ1n) is 10.7. The van der Waals surface area contributed by atoms with Gasteiger partial charge >= 0.3 is 0 Å². The lowest BCUT2D eigenvalue weighted by atomic mass is 9.93. The molecule has 150 valence electrons. The van der Waals surface area contributed by atoms with Gasteiger partial charge in [0.2, 0.25) is 5.91 Å². The molecule has 0 unspecified atom stereocenters. The van der Waals surface area contributed by atoms with E-state index in [2.05, 4.69) is 28.3 Å². The standard InChI is InChI=1S/C23H31N3O2/c1-26(19-6-2-3-7-19)16-23(27)25-18-9-11-20(12-10-18)28-22-8-4-5-17-15-24-14-13-21(17)22/h4-5,8,13-15,18-20H,2-3,6-7,9-12,16H2,1H3,(H,25,27). The van der Waals surface area contributed by atoms with Crippen molar-refractivity contribution in [3.63, 3.8) is 0 Å². The number of amides is 1. The number of likely N-dealkylation sites (N-methyl/N-ethyl adjacent to an activating group) is 1. The molecule has 28 heavy (non-hydrogen) atoms. The third-order valence-corrected chi connectivity index (χ3v) is 6.31. The monoisotopic (exact) mass is 381 g/mol. The van der Waals surface area contributed by atoms with E-state index in [1.807, 2.05) is 30.6 Å². The van der Waals surface area contributed by atoms with Gasteiger partial charge in [0.15, 0.2) is 0 Å². The maximum Gasteiger partial charge on any atom is 0.234 e. The van der Waals surface area contributed by atoms with Crippen molar-refractivity contribution in [2.75, 3.05) is 13.6 Å². The average molecular weight is 382 g/mol. The Morgan fingerprint density at radius 1 is 1.14 bits per heavy atom. The van der Waals surface area contributed by atoms with Crippen LogP contribution in [-0.4, -0.2) is 47.6 Å². The molecule has 2 aliphatic rings. The van der Waals surface area contributed by atoms with Crippen LogP contribution in [0.1, 0.15) is 51.4 Å². The number of hydrogen-bond acceptors (Lipinski definition) is 4. The predicted molar refractivity (Wildman–Crippen MR) is 111 cm³/mol. The van der Waals surface area contributed by atoms with Gasteiger partial charge in [-0.05, 0) is 57.7 Å². The molecule has 0 bridgehead atoms. The molecule has 0 atom stereocenters. The smallest absolute Gasteiger partial charge is 0.234 e. The van der Waals surface area contributed by atoms with Crippen molar-refractivity contribution in [1.29, 1.82) is 0 Å². The van der Waals surface area contributed by atoms with Crippen LogP contribution in [0.5, 0.6) is 5.75 Å².